The lowest BCUT2D eigenvalue weighted by atomic mass is 10.1. The van der Waals surface area contributed by atoms with Crippen molar-refractivity contribution in [3.63, 3.8) is 0 Å². The molecule has 0 radical (unpaired) electrons. The molecule has 1 atom stereocenters. The van der Waals surface area contributed by atoms with Crippen molar-refractivity contribution >= 4 is 11.3 Å². The van der Waals surface area contributed by atoms with Crippen LogP contribution in [-0.4, -0.2) is 24.1 Å². The normalized spacial score (nSPS) is 21.0. The van der Waals surface area contributed by atoms with E-state index in [1.165, 1.54) is 30.8 Å². The lowest BCUT2D eigenvalue weighted by Gasteiger charge is -2.09. The summed E-state index contributed by atoms with van der Waals surface area (Å²) in [7, 11) is 0. The van der Waals surface area contributed by atoms with Crippen molar-refractivity contribution in [3.05, 3.63) is 16.1 Å². The van der Waals surface area contributed by atoms with Gasteiger partial charge in [0.2, 0.25) is 0 Å². The van der Waals surface area contributed by atoms with Crippen LogP contribution in [0.1, 0.15) is 30.0 Å². The number of hydrogen-bond acceptors (Lipinski definition) is 4. The Bertz CT molecular complexity index is 292. The second-order valence-electron chi connectivity index (χ2n) is 4.14. The number of aryl methyl sites for hydroxylation is 1. The first-order valence-corrected chi connectivity index (χ1v) is 6.57. The van der Waals surface area contributed by atoms with E-state index in [1.807, 2.05) is 6.92 Å². The molecule has 1 fully saturated rings. The number of nitrogens with one attached hydrogen (secondary N) is 2. The zero-order chi connectivity index (χ0) is 10.5. The number of nitrogens with zero attached hydrogens (tertiary/aromatic N) is 1. The molecule has 1 aliphatic heterocycles. The van der Waals surface area contributed by atoms with Gasteiger partial charge in [-0.2, -0.15) is 0 Å². The Morgan fingerprint density at radius 1 is 1.67 bits per heavy atom. The Kier molecular flexibility index (Phi) is 4.11. The number of hydrogen-bond donors (Lipinski definition) is 2. The molecule has 3 nitrogen and oxygen atoms in total. The molecule has 2 rings (SSSR count). The monoisotopic (exact) mass is 225 g/mol. The first-order chi connectivity index (χ1) is 7.34. The van der Waals surface area contributed by atoms with Gasteiger partial charge >= 0.3 is 0 Å². The van der Waals surface area contributed by atoms with E-state index in [-0.39, 0.29) is 0 Å². The Hall–Kier alpha value is -0.450. The van der Waals surface area contributed by atoms with Crippen LogP contribution in [0.2, 0.25) is 0 Å². The highest BCUT2D eigenvalue weighted by molar-refractivity contribution is 7.09. The molecule has 84 valence electrons. The molecule has 0 aliphatic carbocycles. The Balaban J connectivity index is 1.58. The molecule has 2 heterocycles. The zero-order valence-corrected chi connectivity index (χ0v) is 10.1. The van der Waals surface area contributed by atoms with Crippen LogP contribution in [0.5, 0.6) is 0 Å². The summed E-state index contributed by atoms with van der Waals surface area (Å²) in [6.45, 7) is 5.26. The molecule has 0 saturated carbocycles. The minimum absolute atomic E-state index is 0.746. The van der Waals surface area contributed by atoms with Crippen molar-refractivity contribution in [1.29, 1.82) is 0 Å². The highest BCUT2D eigenvalue weighted by Gasteiger charge is 2.12. The van der Waals surface area contributed by atoms with Crippen LogP contribution in [-0.2, 0) is 6.54 Å². The quantitative estimate of drug-likeness (QED) is 0.749. The van der Waals surface area contributed by atoms with Crippen LogP contribution >= 0.6 is 11.3 Å². The van der Waals surface area contributed by atoms with E-state index in [1.54, 1.807) is 11.3 Å². The van der Waals surface area contributed by atoms with Crippen LogP contribution in [0, 0.1) is 6.92 Å². The number of thiazole rings is 1. The molecule has 1 aromatic rings. The fourth-order valence-electron chi connectivity index (χ4n) is 1.96. The van der Waals surface area contributed by atoms with Gasteiger partial charge in [0.05, 0.1) is 0 Å². The van der Waals surface area contributed by atoms with Gasteiger partial charge in [-0.1, -0.05) is 0 Å². The minimum atomic E-state index is 0.746. The van der Waals surface area contributed by atoms with E-state index in [0.717, 1.165) is 24.8 Å². The van der Waals surface area contributed by atoms with Gasteiger partial charge in [0.15, 0.2) is 0 Å². The predicted molar refractivity (Wildman–Crippen MR) is 64.2 cm³/mol. The summed E-state index contributed by atoms with van der Waals surface area (Å²) in [5, 5.41) is 10.3. The van der Waals surface area contributed by atoms with Gasteiger partial charge in [0.1, 0.15) is 5.01 Å². The standard InChI is InChI=1S/C11H19N3S/c1-9-8-15-11(14-9)7-12-6-4-10-3-2-5-13-10/h8,10,12-13H,2-7H2,1H3. The van der Waals surface area contributed by atoms with Gasteiger partial charge in [0, 0.05) is 23.7 Å². The van der Waals surface area contributed by atoms with E-state index in [9.17, 15) is 0 Å². The first-order valence-electron chi connectivity index (χ1n) is 5.70. The average molecular weight is 225 g/mol. The Morgan fingerprint density at radius 3 is 3.27 bits per heavy atom. The van der Waals surface area contributed by atoms with Crippen molar-refractivity contribution in [2.75, 3.05) is 13.1 Å². The molecular weight excluding hydrogens is 206 g/mol. The lowest BCUT2D eigenvalue weighted by molar-refractivity contribution is 0.523. The molecule has 2 N–H and O–H groups in total. The molecule has 0 aromatic carbocycles. The Morgan fingerprint density at radius 2 is 2.60 bits per heavy atom. The zero-order valence-electron chi connectivity index (χ0n) is 9.25. The van der Waals surface area contributed by atoms with Crippen LogP contribution in [0.15, 0.2) is 5.38 Å². The maximum Gasteiger partial charge on any atom is 0.107 e. The maximum absolute atomic E-state index is 4.42. The molecule has 0 bridgehead atoms. The van der Waals surface area contributed by atoms with E-state index in [4.69, 9.17) is 0 Å². The van der Waals surface area contributed by atoms with Crippen LogP contribution in [0.3, 0.4) is 0 Å². The molecule has 0 spiro atoms. The molecule has 1 aliphatic rings. The summed E-state index contributed by atoms with van der Waals surface area (Å²) in [5.41, 5.74) is 1.13. The van der Waals surface area contributed by atoms with Gasteiger partial charge in [-0.05, 0) is 39.3 Å². The summed E-state index contributed by atoms with van der Waals surface area (Å²) < 4.78 is 0. The third-order valence-corrected chi connectivity index (χ3v) is 3.74. The topological polar surface area (TPSA) is 37.0 Å². The van der Waals surface area contributed by atoms with Crippen molar-refractivity contribution in [2.24, 2.45) is 0 Å². The summed E-state index contributed by atoms with van der Waals surface area (Å²) in [5.74, 6) is 0. The van der Waals surface area contributed by atoms with Gasteiger partial charge in [-0.15, -0.1) is 11.3 Å². The number of rotatable bonds is 5. The number of aromatic nitrogens is 1. The van der Waals surface area contributed by atoms with Crippen molar-refractivity contribution in [1.82, 2.24) is 15.6 Å². The minimum Gasteiger partial charge on any atom is -0.314 e. The summed E-state index contributed by atoms with van der Waals surface area (Å²) in [6, 6.07) is 0.746. The van der Waals surface area contributed by atoms with Gasteiger partial charge < -0.3 is 10.6 Å². The first kappa shape index (κ1) is 11.0. The molecule has 1 aromatic heterocycles. The molecule has 4 heteroatoms. The van der Waals surface area contributed by atoms with Crippen molar-refractivity contribution in [2.45, 2.75) is 38.8 Å². The second-order valence-corrected chi connectivity index (χ2v) is 5.08. The summed E-state index contributed by atoms with van der Waals surface area (Å²) >= 11 is 1.74. The van der Waals surface area contributed by atoms with Gasteiger partial charge in [-0.25, -0.2) is 4.98 Å². The highest BCUT2D eigenvalue weighted by Crippen LogP contribution is 2.09. The van der Waals surface area contributed by atoms with Gasteiger partial charge in [0.25, 0.3) is 0 Å². The average Bonchev–Trinajstić information content (AvgIpc) is 2.84. The molecule has 1 unspecified atom stereocenters. The molecule has 1 saturated heterocycles. The second kappa shape index (κ2) is 5.58. The van der Waals surface area contributed by atoms with Crippen LogP contribution < -0.4 is 10.6 Å². The molecular formula is C11H19N3S. The lowest BCUT2D eigenvalue weighted by Crippen LogP contribution is -2.26. The van der Waals surface area contributed by atoms with Crippen molar-refractivity contribution < 1.29 is 0 Å². The third kappa shape index (κ3) is 3.55. The smallest absolute Gasteiger partial charge is 0.107 e. The summed E-state index contributed by atoms with van der Waals surface area (Å²) in [6.07, 6.45) is 3.93. The maximum atomic E-state index is 4.42. The third-order valence-electron chi connectivity index (χ3n) is 2.77. The van der Waals surface area contributed by atoms with Crippen LogP contribution in [0.25, 0.3) is 0 Å². The fraction of sp³-hybridized carbons (Fsp3) is 0.727. The van der Waals surface area contributed by atoms with Crippen molar-refractivity contribution in [3.8, 4) is 0 Å². The largest absolute Gasteiger partial charge is 0.314 e. The van der Waals surface area contributed by atoms with E-state index < -0.39 is 0 Å². The Labute approximate surface area is 95.3 Å². The van der Waals surface area contributed by atoms with E-state index in [0.29, 0.717) is 0 Å². The highest BCUT2D eigenvalue weighted by atomic mass is 32.1. The fourth-order valence-corrected chi connectivity index (χ4v) is 2.70. The summed E-state index contributed by atoms with van der Waals surface area (Å²) in [4.78, 5) is 4.42. The molecule has 15 heavy (non-hydrogen) atoms. The van der Waals surface area contributed by atoms with Crippen LogP contribution in [0.4, 0.5) is 0 Å². The SMILES string of the molecule is Cc1csc(CNCCC2CCCN2)n1. The van der Waals surface area contributed by atoms with E-state index in [2.05, 4.69) is 21.0 Å². The predicted octanol–water partition coefficient (Wildman–Crippen LogP) is 1.68. The van der Waals surface area contributed by atoms with Gasteiger partial charge in [-0.3, -0.25) is 0 Å². The molecule has 0 amide bonds. The van der Waals surface area contributed by atoms with E-state index >= 15 is 0 Å².